The maximum Gasteiger partial charge on any atom is 0.265 e. The third-order valence-corrected chi connectivity index (χ3v) is 3.93. The number of aryl methyl sites for hydroxylation is 2. The Balaban J connectivity index is 2.17. The summed E-state index contributed by atoms with van der Waals surface area (Å²) in [6.07, 6.45) is -0.0527. The van der Waals surface area contributed by atoms with E-state index in [0.717, 1.165) is 11.1 Å². The van der Waals surface area contributed by atoms with Crippen molar-refractivity contribution in [2.24, 2.45) is 0 Å². The Bertz CT molecular complexity index is 742. The molecule has 1 amide bonds. The summed E-state index contributed by atoms with van der Waals surface area (Å²) >= 11 is 0. The highest BCUT2D eigenvalue weighted by molar-refractivity contribution is 5.95. The minimum atomic E-state index is -0.600. The van der Waals surface area contributed by atoms with E-state index in [-0.39, 0.29) is 5.91 Å². The Morgan fingerprint density at radius 2 is 1.76 bits per heavy atom. The van der Waals surface area contributed by atoms with Crippen LogP contribution in [0.1, 0.15) is 24.5 Å². The van der Waals surface area contributed by atoms with Crippen molar-refractivity contribution in [2.75, 3.05) is 19.5 Å². The van der Waals surface area contributed by atoms with Crippen LogP contribution < -0.4 is 19.5 Å². The third-order valence-electron chi connectivity index (χ3n) is 3.93. The van der Waals surface area contributed by atoms with Crippen LogP contribution in [0, 0.1) is 13.8 Å². The Kier molecular flexibility index (Phi) is 6.28. The lowest BCUT2D eigenvalue weighted by atomic mass is 10.1. The van der Waals surface area contributed by atoms with Gasteiger partial charge in [0.2, 0.25) is 0 Å². The molecule has 0 aliphatic rings. The lowest BCUT2D eigenvalue weighted by molar-refractivity contribution is -0.122. The normalized spacial score (nSPS) is 11.6. The molecule has 0 saturated heterocycles. The van der Waals surface area contributed by atoms with Crippen molar-refractivity contribution < 1.29 is 19.0 Å². The van der Waals surface area contributed by atoms with Gasteiger partial charge in [-0.25, -0.2) is 0 Å². The molecule has 0 aromatic heterocycles. The molecule has 5 heteroatoms. The summed E-state index contributed by atoms with van der Waals surface area (Å²) in [5.74, 6) is 1.69. The van der Waals surface area contributed by atoms with Crippen LogP contribution >= 0.6 is 0 Å². The van der Waals surface area contributed by atoms with Gasteiger partial charge in [0.15, 0.2) is 6.10 Å². The first kappa shape index (κ1) is 18.6. The van der Waals surface area contributed by atoms with E-state index in [1.807, 2.05) is 39.0 Å². The molecule has 2 aromatic carbocycles. The molecule has 5 nitrogen and oxygen atoms in total. The molecule has 2 aromatic rings. The first-order valence-corrected chi connectivity index (χ1v) is 8.25. The fourth-order valence-electron chi connectivity index (χ4n) is 2.53. The topological polar surface area (TPSA) is 56.8 Å². The highest BCUT2D eigenvalue weighted by Crippen LogP contribution is 2.29. The second-order valence-electron chi connectivity index (χ2n) is 5.84. The van der Waals surface area contributed by atoms with Crippen molar-refractivity contribution in [1.29, 1.82) is 0 Å². The van der Waals surface area contributed by atoms with E-state index >= 15 is 0 Å². The summed E-state index contributed by atoms with van der Waals surface area (Å²) in [5.41, 5.74) is 2.71. The zero-order chi connectivity index (χ0) is 18.4. The highest BCUT2D eigenvalue weighted by Gasteiger charge is 2.21. The number of hydrogen-bond acceptors (Lipinski definition) is 4. The quantitative estimate of drug-likeness (QED) is 0.822. The molecule has 0 bridgehead atoms. The van der Waals surface area contributed by atoms with E-state index in [4.69, 9.17) is 14.2 Å². The molecule has 134 valence electrons. The standard InChI is InChI=1S/C20H25NO4/c1-6-17(25-18-9-7-13(2)11-14(18)3)20(22)21-16-12-15(23-4)8-10-19(16)24-5/h7-12,17H,6H2,1-5H3,(H,21,22). The predicted molar refractivity (Wildman–Crippen MR) is 98.8 cm³/mol. The average Bonchev–Trinajstić information content (AvgIpc) is 2.60. The van der Waals surface area contributed by atoms with Gasteiger partial charge in [-0.2, -0.15) is 0 Å². The maximum absolute atomic E-state index is 12.7. The summed E-state index contributed by atoms with van der Waals surface area (Å²) in [6.45, 7) is 5.91. The molecule has 1 atom stereocenters. The lowest BCUT2D eigenvalue weighted by Crippen LogP contribution is -2.32. The van der Waals surface area contributed by atoms with Crippen molar-refractivity contribution in [3.63, 3.8) is 0 Å². The van der Waals surface area contributed by atoms with Crippen LogP contribution in [0.3, 0.4) is 0 Å². The number of ether oxygens (including phenoxy) is 3. The van der Waals surface area contributed by atoms with Crippen molar-refractivity contribution in [3.8, 4) is 17.2 Å². The van der Waals surface area contributed by atoms with Gasteiger partial charge in [-0.1, -0.05) is 24.6 Å². The molecule has 1 N–H and O–H groups in total. The minimum Gasteiger partial charge on any atom is -0.497 e. The van der Waals surface area contributed by atoms with E-state index in [0.29, 0.717) is 29.4 Å². The second-order valence-corrected chi connectivity index (χ2v) is 5.84. The van der Waals surface area contributed by atoms with Crippen molar-refractivity contribution in [3.05, 3.63) is 47.5 Å². The zero-order valence-corrected chi connectivity index (χ0v) is 15.4. The molecule has 25 heavy (non-hydrogen) atoms. The molecule has 0 aliphatic carbocycles. The van der Waals surface area contributed by atoms with Crippen LogP contribution in [0.4, 0.5) is 5.69 Å². The first-order chi connectivity index (χ1) is 12.0. The molecular formula is C20H25NO4. The van der Waals surface area contributed by atoms with E-state index in [1.54, 1.807) is 32.4 Å². The molecule has 1 unspecified atom stereocenters. The number of carbonyl (C=O) groups excluding carboxylic acids is 1. The number of benzene rings is 2. The average molecular weight is 343 g/mol. The Morgan fingerprint density at radius 3 is 2.36 bits per heavy atom. The van der Waals surface area contributed by atoms with Gasteiger partial charge >= 0.3 is 0 Å². The van der Waals surface area contributed by atoms with Crippen LogP contribution in [-0.4, -0.2) is 26.2 Å². The number of hydrogen-bond donors (Lipinski definition) is 1. The van der Waals surface area contributed by atoms with Gasteiger partial charge in [-0.05, 0) is 44.0 Å². The van der Waals surface area contributed by atoms with Gasteiger partial charge in [0.1, 0.15) is 17.2 Å². The fraction of sp³-hybridized carbons (Fsp3) is 0.350. The minimum absolute atomic E-state index is 0.228. The molecule has 0 fully saturated rings. The fourth-order valence-corrected chi connectivity index (χ4v) is 2.53. The van der Waals surface area contributed by atoms with Crippen molar-refractivity contribution in [1.82, 2.24) is 0 Å². The lowest BCUT2D eigenvalue weighted by Gasteiger charge is -2.20. The van der Waals surface area contributed by atoms with Crippen LogP contribution in [0.15, 0.2) is 36.4 Å². The van der Waals surface area contributed by atoms with Gasteiger partial charge in [0, 0.05) is 6.07 Å². The predicted octanol–water partition coefficient (Wildman–Crippen LogP) is 4.12. The number of amides is 1. The largest absolute Gasteiger partial charge is 0.497 e. The van der Waals surface area contributed by atoms with Crippen LogP contribution in [0.25, 0.3) is 0 Å². The molecule has 2 rings (SSSR count). The number of anilines is 1. The summed E-state index contributed by atoms with van der Waals surface area (Å²) < 4.78 is 16.4. The number of carbonyl (C=O) groups is 1. The molecule has 0 radical (unpaired) electrons. The summed E-state index contributed by atoms with van der Waals surface area (Å²) in [6, 6.07) is 11.1. The smallest absolute Gasteiger partial charge is 0.265 e. The molecule has 0 saturated carbocycles. The third kappa shape index (κ3) is 4.66. The van der Waals surface area contributed by atoms with E-state index in [9.17, 15) is 4.79 Å². The van der Waals surface area contributed by atoms with E-state index in [1.165, 1.54) is 0 Å². The number of rotatable bonds is 7. The van der Waals surface area contributed by atoms with E-state index < -0.39 is 6.10 Å². The Hall–Kier alpha value is -2.69. The van der Waals surface area contributed by atoms with Gasteiger partial charge in [-0.15, -0.1) is 0 Å². The monoisotopic (exact) mass is 343 g/mol. The van der Waals surface area contributed by atoms with E-state index in [2.05, 4.69) is 5.32 Å². The number of methoxy groups -OCH3 is 2. The van der Waals surface area contributed by atoms with Gasteiger partial charge in [-0.3, -0.25) is 4.79 Å². The van der Waals surface area contributed by atoms with Crippen molar-refractivity contribution in [2.45, 2.75) is 33.3 Å². The molecule has 0 heterocycles. The second kappa shape index (κ2) is 8.42. The van der Waals surface area contributed by atoms with Gasteiger partial charge in [0.25, 0.3) is 5.91 Å². The summed E-state index contributed by atoms with van der Waals surface area (Å²) in [5, 5.41) is 2.87. The maximum atomic E-state index is 12.7. The highest BCUT2D eigenvalue weighted by atomic mass is 16.5. The van der Waals surface area contributed by atoms with Gasteiger partial charge < -0.3 is 19.5 Å². The molecule has 0 spiro atoms. The van der Waals surface area contributed by atoms with Gasteiger partial charge in [0.05, 0.1) is 19.9 Å². The first-order valence-electron chi connectivity index (χ1n) is 8.25. The Labute approximate surface area is 148 Å². The molecule has 0 aliphatic heterocycles. The molecular weight excluding hydrogens is 318 g/mol. The van der Waals surface area contributed by atoms with Crippen LogP contribution in [-0.2, 0) is 4.79 Å². The zero-order valence-electron chi connectivity index (χ0n) is 15.4. The van der Waals surface area contributed by atoms with Crippen LogP contribution in [0.5, 0.6) is 17.2 Å². The van der Waals surface area contributed by atoms with Crippen molar-refractivity contribution >= 4 is 11.6 Å². The number of nitrogens with one attached hydrogen (secondary N) is 1. The van der Waals surface area contributed by atoms with Crippen LogP contribution in [0.2, 0.25) is 0 Å². The summed E-state index contributed by atoms with van der Waals surface area (Å²) in [4.78, 5) is 12.7. The Morgan fingerprint density at radius 1 is 1.04 bits per heavy atom. The summed E-state index contributed by atoms with van der Waals surface area (Å²) in [7, 11) is 3.13. The SMILES string of the molecule is CCC(Oc1ccc(C)cc1C)C(=O)Nc1cc(OC)ccc1OC.